The van der Waals surface area contributed by atoms with E-state index < -0.39 is 0 Å². The smallest absolute Gasteiger partial charge is 0.193 e. The molecule has 1 unspecified atom stereocenters. The average Bonchev–Trinajstić information content (AvgIpc) is 2.54. The zero-order valence-corrected chi connectivity index (χ0v) is 14.2. The molecular weight excluding hydrogens is 272 g/mol. The number of piperidine rings is 1. The summed E-state index contributed by atoms with van der Waals surface area (Å²) in [6.45, 7) is 7.64. The fraction of sp³-hybridized carbons (Fsp3) is 0.611. The SMILES string of the molecule is CCC(C)c1ccc(NC(N)=NCC2CCN(C)CC2)cc1. The molecule has 1 aromatic carbocycles. The number of benzene rings is 1. The Morgan fingerprint density at radius 2 is 1.95 bits per heavy atom. The van der Waals surface area contributed by atoms with Crippen LogP contribution in [0.5, 0.6) is 0 Å². The number of nitrogens with two attached hydrogens (primary N) is 1. The van der Waals surface area contributed by atoms with Crippen molar-refractivity contribution in [1.82, 2.24) is 4.90 Å². The first-order chi connectivity index (χ1) is 10.6. The summed E-state index contributed by atoms with van der Waals surface area (Å²) < 4.78 is 0. The molecule has 1 saturated heterocycles. The molecule has 0 amide bonds. The predicted molar refractivity (Wildman–Crippen MR) is 95.5 cm³/mol. The van der Waals surface area contributed by atoms with Crippen molar-refractivity contribution in [1.29, 1.82) is 0 Å². The van der Waals surface area contributed by atoms with Crippen molar-refractivity contribution in [3.8, 4) is 0 Å². The Morgan fingerprint density at radius 3 is 2.55 bits per heavy atom. The lowest BCUT2D eigenvalue weighted by Gasteiger charge is -2.27. The quantitative estimate of drug-likeness (QED) is 0.648. The normalized spacial score (nSPS) is 19.1. The molecule has 3 N–H and O–H groups in total. The molecule has 0 radical (unpaired) electrons. The van der Waals surface area contributed by atoms with E-state index in [-0.39, 0.29) is 0 Å². The van der Waals surface area contributed by atoms with Gasteiger partial charge in [-0.1, -0.05) is 26.0 Å². The van der Waals surface area contributed by atoms with E-state index in [2.05, 4.69) is 60.4 Å². The van der Waals surface area contributed by atoms with E-state index in [1.807, 2.05) is 0 Å². The summed E-state index contributed by atoms with van der Waals surface area (Å²) in [5.74, 6) is 1.80. The van der Waals surface area contributed by atoms with Crippen LogP contribution in [0, 0.1) is 5.92 Å². The van der Waals surface area contributed by atoms with Crippen molar-refractivity contribution in [3.05, 3.63) is 29.8 Å². The van der Waals surface area contributed by atoms with E-state index in [0.717, 1.165) is 18.7 Å². The first-order valence-electron chi connectivity index (χ1n) is 8.44. The van der Waals surface area contributed by atoms with Gasteiger partial charge < -0.3 is 16.0 Å². The maximum atomic E-state index is 6.00. The molecule has 0 saturated carbocycles. The Morgan fingerprint density at radius 1 is 1.32 bits per heavy atom. The van der Waals surface area contributed by atoms with Crippen LogP contribution in [-0.4, -0.2) is 37.5 Å². The van der Waals surface area contributed by atoms with Crippen molar-refractivity contribution >= 4 is 11.6 Å². The highest BCUT2D eigenvalue weighted by molar-refractivity contribution is 5.92. The molecule has 1 atom stereocenters. The van der Waals surface area contributed by atoms with E-state index in [1.54, 1.807) is 0 Å². The van der Waals surface area contributed by atoms with Gasteiger partial charge in [0.05, 0.1) is 0 Å². The molecular formula is C18H30N4. The first-order valence-corrected chi connectivity index (χ1v) is 8.44. The Balaban J connectivity index is 1.83. The third-order valence-corrected chi connectivity index (χ3v) is 4.72. The fourth-order valence-electron chi connectivity index (χ4n) is 2.79. The van der Waals surface area contributed by atoms with Crippen LogP contribution in [0.25, 0.3) is 0 Å². The highest BCUT2D eigenvalue weighted by atomic mass is 15.1. The van der Waals surface area contributed by atoms with Crippen LogP contribution in [0.1, 0.15) is 44.6 Å². The van der Waals surface area contributed by atoms with E-state index in [4.69, 9.17) is 5.73 Å². The van der Waals surface area contributed by atoms with Crippen molar-refractivity contribution < 1.29 is 0 Å². The summed E-state index contributed by atoms with van der Waals surface area (Å²) >= 11 is 0. The summed E-state index contributed by atoms with van der Waals surface area (Å²) in [6.07, 6.45) is 3.60. The third kappa shape index (κ3) is 5.02. The molecule has 122 valence electrons. The molecule has 1 aliphatic rings. The predicted octanol–water partition coefficient (Wildman–Crippen LogP) is 3.27. The van der Waals surface area contributed by atoms with Gasteiger partial charge in [0.25, 0.3) is 0 Å². The molecule has 4 nitrogen and oxygen atoms in total. The van der Waals surface area contributed by atoms with Gasteiger partial charge in [-0.2, -0.15) is 0 Å². The monoisotopic (exact) mass is 302 g/mol. The molecule has 0 spiro atoms. The van der Waals surface area contributed by atoms with Gasteiger partial charge in [-0.15, -0.1) is 0 Å². The Labute approximate surface area is 134 Å². The van der Waals surface area contributed by atoms with E-state index in [9.17, 15) is 0 Å². The van der Waals surface area contributed by atoms with Crippen molar-refractivity contribution in [2.45, 2.75) is 39.0 Å². The molecule has 1 aromatic rings. The van der Waals surface area contributed by atoms with Crippen molar-refractivity contribution in [3.63, 3.8) is 0 Å². The summed E-state index contributed by atoms with van der Waals surface area (Å²) in [7, 11) is 2.18. The maximum absolute atomic E-state index is 6.00. The number of aliphatic imine (C=N–C) groups is 1. The maximum Gasteiger partial charge on any atom is 0.193 e. The molecule has 1 aliphatic heterocycles. The van der Waals surface area contributed by atoms with Gasteiger partial charge in [0.2, 0.25) is 0 Å². The number of likely N-dealkylation sites (tertiary alicyclic amines) is 1. The zero-order chi connectivity index (χ0) is 15.9. The van der Waals surface area contributed by atoms with Gasteiger partial charge in [-0.3, -0.25) is 4.99 Å². The number of guanidine groups is 1. The van der Waals surface area contributed by atoms with Crippen LogP contribution in [0.15, 0.2) is 29.3 Å². The summed E-state index contributed by atoms with van der Waals surface area (Å²) in [5.41, 5.74) is 8.38. The standard InChI is InChI=1S/C18H30N4/c1-4-14(2)16-5-7-17(8-6-16)21-18(19)20-13-15-9-11-22(3)12-10-15/h5-8,14-15H,4,9-13H2,1-3H3,(H3,19,20,21). The Bertz CT molecular complexity index is 472. The van der Waals surface area contributed by atoms with Crippen molar-refractivity contribution in [2.75, 3.05) is 32.0 Å². The first kappa shape index (κ1) is 16.8. The number of anilines is 1. The fourth-order valence-corrected chi connectivity index (χ4v) is 2.79. The highest BCUT2D eigenvalue weighted by Gasteiger charge is 2.16. The van der Waals surface area contributed by atoms with Crippen molar-refractivity contribution in [2.24, 2.45) is 16.6 Å². The minimum atomic E-state index is 0.523. The van der Waals surface area contributed by atoms with Crippen LogP contribution in [0.3, 0.4) is 0 Å². The van der Waals surface area contributed by atoms with E-state index in [0.29, 0.717) is 17.8 Å². The van der Waals surface area contributed by atoms with Crippen LogP contribution in [0.2, 0.25) is 0 Å². The minimum absolute atomic E-state index is 0.523. The van der Waals surface area contributed by atoms with Crippen LogP contribution in [0.4, 0.5) is 5.69 Å². The number of nitrogens with one attached hydrogen (secondary N) is 1. The van der Waals surface area contributed by atoms with Crippen LogP contribution < -0.4 is 11.1 Å². The zero-order valence-electron chi connectivity index (χ0n) is 14.2. The molecule has 1 fully saturated rings. The van der Waals surface area contributed by atoms with Gasteiger partial charge in [0.15, 0.2) is 5.96 Å². The number of hydrogen-bond donors (Lipinski definition) is 2. The largest absolute Gasteiger partial charge is 0.370 e. The molecule has 22 heavy (non-hydrogen) atoms. The number of nitrogens with zero attached hydrogens (tertiary/aromatic N) is 2. The summed E-state index contributed by atoms with van der Waals surface area (Å²) in [5, 5.41) is 3.19. The van der Waals surface area contributed by atoms with E-state index in [1.165, 1.54) is 31.5 Å². The van der Waals surface area contributed by atoms with E-state index >= 15 is 0 Å². The van der Waals surface area contributed by atoms with Crippen LogP contribution >= 0.6 is 0 Å². The second-order valence-electron chi connectivity index (χ2n) is 6.53. The Kier molecular flexibility index (Phi) is 6.25. The lowest BCUT2D eigenvalue weighted by molar-refractivity contribution is 0.224. The molecule has 0 aromatic heterocycles. The average molecular weight is 302 g/mol. The molecule has 1 heterocycles. The number of hydrogen-bond acceptors (Lipinski definition) is 2. The minimum Gasteiger partial charge on any atom is -0.370 e. The molecule has 4 heteroatoms. The van der Waals surface area contributed by atoms with Gasteiger partial charge in [0, 0.05) is 12.2 Å². The van der Waals surface area contributed by atoms with Gasteiger partial charge in [-0.25, -0.2) is 0 Å². The van der Waals surface area contributed by atoms with Crippen LogP contribution in [-0.2, 0) is 0 Å². The highest BCUT2D eigenvalue weighted by Crippen LogP contribution is 2.20. The molecule has 2 rings (SSSR count). The van der Waals surface area contributed by atoms with Gasteiger partial charge in [0.1, 0.15) is 0 Å². The lowest BCUT2D eigenvalue weighted by Crippen LogP contribution is -2.32. The lowest BCUT2D eigenvalue weighted by atomic mass is 9.97. The van der Waals surface area contributed by atoms with Gasteiger partial charge in [-0.05, 0) is 68.9 Å². The second-order valence-corrected chi connectivity index (χ2v) is 6.53. The number of rotatable bonds is 5. The summed E-state index contributed by atoms with van der Waals surface area (Å²) in [6, 6.07) is 8.50. The molecule has 0 bridgehead atoms. The second kappa shape index (κ2) is 8.18. The Hall–Kier alpha value is -1.55. The van der Waals surface area contributed by atoms with Gasteiger partial charge >= 0.3 is 0 Å². The summed E-state index contributed by atoms with van der Waals surface area (Å²) in [4.78, 5) is 6.88. The third-order valence-electron chi connectivity index (χ3n) is 4.72. The topological polar surface area (TPSA) is 53.6 Å². The molecule has 0 aliphatic carbocycles.